The Morgan fingerprint density at radius 3 is 1.19 bits per heavy atom. The van der Waals surface area contributed by atoms with Gasteiger partial charge in [-0.3, -0.25) is 0 Å². The average Bonchev–Trinajstić information content (AvgIpc) is 2.81. The summed E-state index contributed by atoms with van der Waals surface area (Å²) >= 11 is 13.0. The number of nitrogens with zero attached hydrogens (tertiary/aromatic N) is 2. The van der Waals surface area contributed by atoms with Crippen LogP contribution in [-0.2, 0) is 20.0 Å². The molecule has 0 amide bonds. The van der Waals surface area contributed by atoms with Crippen LogP contribution < -0.4 is 0 Å². The molecule has 1 aliphatic rings. The van der Waals surface area contributed by atoms with Crippen LogP contribution in [0.3, 0.4) is 0 Å². The zero-order valence-corrected chi connectivity index (χ0v) is 19.5. The molecule has 0 unspecified atom stereocenters. The topological polar surface area (TPSA) is 93.0 Å². The van der Waals surface area contributed by atoms with Gasteiger partial charge in [-0.25, -0.2) is 0 Å². The predicted molar refractivity (Wildman–Crippen MR) is 126 cm³/mol. The molecular formula is C22H16Cl2N2O4S2. The third-order valence-electron chi connectivity index (χ3n) is 4.78. The van der Waals surface area contributed by atoms with E-state index in [0.717, 1.165) is 0 Å². The van der Waals surface area contributed by atoms with Crippen molar-refractivity contribution in [2.75, 3.05) is 0 Å². The maximum atomic E-state index is 12.8. The van der Waals surface area contributed by atoms with Gasteiger partial charge < -0.3 is 0 Å². The maximum Gasteiger partial charge on any atom is 0.282 e. The van der Waals surface area contributed by atoms with E-state index in [1.807, 2.05) is 0 Å². The predicted octanol–water partition coefficient (Wildman–Crippen LogP) is 4.27. The summed E-state index contributed by atoms with van der Waals surface area (Å²) in [5.41, 5.74) is 0.765. The van der Waals surface area contributed by atoms with E-state index < -0.39 is 30.8 Å². The number of halogens is 2. The Hall–Kier alpha value is -2.52. The molecule has 0 N–H and O–H groups in total. The Bertz CT molecular complexity index is 1310. The molecule has 0 heterocycles. The van der Waals surface area contributed by atoms with Crippen molar-refractivity contribution in [1.29, 1.82) is 0 Å². The van der Waals surface area contributed by atoms with Gasteiger partial charge in [0.25, 0.3) is 20.0 Å². The number of alkyl halides is 2. The van der Waals surface area contributed by atoms with E-state index in [1.54, 1.807) is 60.7 Å². The van der Waals surface area contributed by atoms with Crippen LogP contribution in [0.25, 0.3) is 0 Å². The van der Waals surface area contributed by atoms with Gasteiger partial charge in [0.2, 0.25) is 0 Å². The van der Waals surface area contributed by atoms with Crippen LogP contribution in [-0.4, -0.2) is 39.0 Å². The molecule has 3 aromatic rings. The number of benzene rings is 3. The Morgan fingerprint density at radius 2 is 0.844 bits per heavy atom. The van der Waals surface area contributed by atoms with Gasteiger partial charge in [-0.05, 0) is 24.3 Å². The van der Waals surface area contributed by atoms with E-state index in [1.165, 1.54) is 24.3 Å². The molecule has 164 valence electrons. The first-order chi connectivity index (χ1) is 15.2. The molecule has 0 aromatic heterocycles. The summed E-state index contributed by atoms with van der Waals surface area (Å²) in [6.45, 7) is 0. The molecular weight excluding hydrogens is 491 g/mol. The molecule has 1 aliphatic carbocycles. The van der Waals surface area contributed by atoms with Crippen molar-refractivity contribution in [2.24, 2.45) is 8.80 Å². The second kappa shape index (κ2) is 8.78. The minimum Gasteiger partial charge on any atom is -0.199 e. The van der Waals surface area contributed by atoms with E-state index >= 15 is 0 Å². The maximum absolute atomic E-state index is 12.8. The number of sulfonamides is 2. The van der Waals surface area contributed by atoms with Gasteiger partial charge in [0.1, 0.15) is 0 Å². The van der Waals surface area contributed by atoms with Crippen LogP contribution >= 0.6 is 23.2 Å². The van der Waals surface area contributed by atoms with Crippen molar-refractivity contribution in [3.8, 4) is 0 Å². The summed E-state index contributed by atoms with van der Waals surface area (Å²) in [5.74, 6) is 0. The Kier molecular flexibility index (Phi) is 6.22. The SMILES string of the molecule is O=S(=O)(N=C1c2ccccc2C(=NS(=O)(=O)c2ccccc2)[C@H](Cl)[C@@H]1Cl)c1ccccc1. The first-order valence-corrected chi connectivity index (χ1v) is 13.1. The molecule has 0 radical (unpaired) electrons. The minimum atomic E-state index is -4.07. The fourth-order valence-electron chi connectivity index (χ4n) is 3.25. The van der Waals surface area contributed by atoms with Crippen LogP contribution in [0.4, 0.5) is 0 Å². The second-order valence-electron chi connectivity index (χ2n) is 6.88. The molecule has 0 spiro atoms. The van der Waals surface area contributed by atoms with E-state index in [9.17, 15) is 16.8 Å². The number of hydrogen-bond donors (Lipinski definition) is 0. The summed E-state index contributed by atoms with van der Waals surface area (Å²) in [5, 5.41) is -2.26. The second-order valence-corrected chi connectivity index (χ2v) is 11.0. The lowest BCUT2D eigenvalue weighted by Crippen LogP contribution is -2.40. The monoisotopic (exact) mass is 506 g/mol. The highest BCUT2D eigenvalue weighted by atomic mass is 35.5. The highest BCUT2D eigenvalue weighted by Gasteiger charge is 2.38. The van der Waals surface area contributed by atoms with Crippen LogP contribution in [0.5, 0.6) is 0 Å². The molecule has 0 aliphatic heterocycles. The fraction of sp³-hybridized carbons (Fsp3) is 0.0909. The van der Waals surface area contributed by atoms with Gasteiger partial charge in [0, 0.05) is 11.1 Å². The number of hydrogen-bond acceptors (Lipinski definition) is 4. The lowest BCUT2D eigenvalue weighted by Gasteiger charge is -2.28. The lowest BCUT2D eigenvalue weighted by molar-refractivity contribution is 0.596. The van der Waals surface area contributed by atoms with Gasteiger partial charge >= 0.3 is 0 Å². The molecule has 3 aromatic carbocycles. The number of fused-ring (bicyclic) bond motifs is 1. The van der Waals surface area contributed by atoms with Crippen molar-refractivity contribution in [2.45, 2.75) is 20.5 Å². The zero-order valence-electron chi connectivity index (χ0n) is 16.3. The van der Waals surface area contributed by atoms with Crippen molar-refractivity contribution in [1.82, 2.24) is 0 Å². The molecule has 2 atom stereocenters. The van der Waals surface area contributed by atoms with Gasteiger partial charge in [-0.15, -0.1) is 23.2 Å². The summed E-state index contributed by atoms with van der Waals surface area (Å²) < 4.78 is 59.3. The van der Waals surface area contributed by atoms with Crippen molar-refractivity contribution in [3.05, 3.63) is 96.1 Å². The fourth-order valence-corrected chi connectivity index (χ4v) is 6.09. The first kappa shape index (κ1) is 22.7. The third-order valence-corrected chi connectivity index (χ3v) is 8.43. The first-order valence-electron chi connectivity index (χ1n) is 9.38. The van der Waals surface area contributed by atoms with Crippen LogP contribution in [0.2, 0.25) is 0 Å². The van der Waals surface area contributed by atoms with E-state index in [-0.39, 0.29) is 21.2 Å². The van der Waals surface area contributed by atoms with Crippen molar-refractivity contribution < 1.29 is 16.8 Å². The minimum absolute atomic E-state index is 0.00564. The van der Waals surface area contributed by atoms with Gasteiger partial charge in [0.05, 0.1) is 32.0 Å². The summed E-state index contributed by atoms with van der Waals surface area (Å²) in [7, 11) is -8.14. The zero-order chi connectivity index (χ0) is 22.9. The summed E-state index contributed by atoms with van der Waals surface area (Å²) in [6, 6.07) is 22.0. The molecule has 0 bridgehead atoms. The van der Waals surface area contributed by atoms with E-state index in [2.05, 4.69) is 8.80 Å². The summed E-state index contributed by atoms with van der Waals surface area (Å²) in [6.07, 6.45) is 0. The largest absolute Gasteiger partial charge is 0.282 e. The van der Waals surface area contributed by atoms with Crippen LogP contribution in [0, 0.1) is 0 Å². The van der Waals surface area contributed by atoms with Gasteiger partial charge in [-0.1, -0.05) is 60.7 Å². The number of rotatable bonds is 4. The Labute approximate surface area is 196 Å². The molecule has 0 fully saturated rings. The van der Waals surface area contributed by atoms with E-state index in [0.29, 0.717) is 11.1 Å². The molecule has 6 nitrogen and oxygen atoms in total. The molecule has 0 saturated heterocycles. The molecule has 0 saturated carbocycles. The standard InChI is InChI=1S/C22H16Cl2N2O4S2/c23-19-20(24)22(26-32(29,30)16-11-5-2-6-12-16)18-14-8-7-13-17(18)21(19)25-31(27,28)15-9-3-1-4-10-15/h1-14,19-20H/t19-,20+. The van der Waals surface area contributed by atoms with E-state index in [4.69, 9.17) is 23.2 Å². The third kappa shape index (κ3) is 4.36. The van der Waals surface area contributed by atoms with Crippen molar-refractivity contribution in [3.63, 3.8) is 0 Å². The molecule has 32 heavy (non-hydrogen) atoms. The molecule has 4 rings (SSSR count). The average molecular weight is 507 g/mol. The lowest BCUT2D eigenvalue weighted by atomic mass is 9.88. The Balaban J connectivity index is 1.88. The van der Waals surface area contributed by atoms with Crippen LogP contribution in [0.1, 0.15) is 11.1 Å². The highest BCUT2D eigenvalue weighted by molar-refractivity contribution is 7.90. The molecule has 10 heteroatoms. The quantitative estimate of drug-likeness (QED) is 0.493. The summed E-state index contributed by atoms with van der Waals surface area (Å²) in [4.78, 5) is 0.0113. The van der Waals surface area contributed by atoms with Gasteiger partial charge in [-0.2, -0.15) is 25.6 Å². The smallest absolute Gasteiger partial charge is 0.199 e. The normalized spacial score (nSPS) is 21.4. The van der Waals surface area contributed by atoms with Crippen molar-refractivity contribution >= 4 is 54.7 Å². The van der Waals surface area contributed by atoms with Gasteiger partial charge in [0.15, 0.2) is 0 Å². The Morgan fingerprint density at radius 1 is 0.531 bits per heavy atom. The van der Waals surface area contributed by atoms with Crippen LogP contribution in [0.15, 0.2) is 104 Å². The highest BCUT2D eigenvalue weighted by Crippen LogP contribution is 2.32.